The van der Waals surface area contributed by atoms with Crippen molar-refractivity contribution >= 4 is 5.91 Å². The molecule has 4 heteroatoms. The van der Waals surface area contributed by atoms with Crippen molar-refractivity contribution in [3.63, 3.8) is 0 Å². The number of amides is 1. The van der Waals surface area contributed by atoms with Crippen LogP contribution in [0.15, 0.2) is 18.5 Å². The van der Waals surface area contributed by atoms with Crippen LogP contribution in [0.4, 0.5) is 0 Å². The molecule has 3 N–H and O–H groups in total. The third kappa shape index (κ3) is 3.27. The summed E-state index contributed by atoms with van der Waals surface area (Å²) in [5, 5.41) is 2.98. The lowest BCUT2D eigenvalue weighted by molar-refractivity contribution is 0.0882. The van der Waals surface area contributed by atoms with Crippen molar-refractivity contribution in [2.24, 2.45) is 11.7 Å². The van der Waals surface area contributed by atoms with Crippen LogP contribution < -0.4 is 11.1 Å². The van der Waals surface area contributed by atoms with Crippen molar-refractivity contribution in [1.82, 2.24) is 10.3 Å². The summed E-state index contributed by atoms with van der Waals surface area (Å²) in [6, 6.07) is 1.82. The molecule has 4 nitrogen and oxygen atoms in total. The van der Waals surface area contributed by atoms with E-state index in [1.54, 1.807) is 12.4 Å². The van der Waals surface area contributed by atoms with Crippen molar-refractivity contribution in [2.75, 3.05) is 6.54 Å². The molecule has 0 aliphatic carbocycles. The molecule has 0 aliphatic heterocycles. The minimum Gasteiger partial charge on any atom is -0.345 e. The molecule has 17 heavy (non-hydrogen) atoms. The Labute approximate surface area is 103 Å². The smallest absolute Gasteiger partial charge is 0.253 e. The van der Waals surface area contributed by atoms with E-state index in [-0.39, 0.29) is 17.4 Å². The molecule has 1 rings (SSSR count). The first-order chi connectivity index (χ1) is 7.89. The molecule has 1 aromatic rings. The van der Waals surface area contributed by atoms with Gasteiger partial charge in [0, 0.05) is 18.9 Å². The van der Waals surface area contributed by atoms with E-state index < -0.39 is 0 Å². The van der Waals surface area contributed by atoms with E-state index in [1.165, 1.54) is 0 Å². The number of hydrogen-bond donors (Lipinski definition) is 2. The van der Waals surface area contributed by atoms with E-state index in [2.05, 4.69) is 10.3 Å². The number of aryl methyl sites for hydroxylation is 1. The molecule has 0 aromatic carbocycles. The molecule has 0 radical (unpaired) electrons. The van der Waals surface area contributed by atoms with Gasteiger partial charge in [0.05, 0.1) is 11.1 Å². The van der Waals surface area contributed by atoms with Gasteiger partial charge in [0.15, 0.2) is 0 Å². The standard InChI is InChI=1S/C13H21N3O/c1-9(2)13(4,8-14)16-12(17)11-5-10(3)6-15-7-11/h5-7,9H,8,14H2,1-4H3,(H,16,17). The van der Waals surface area contributed by atoms with Crippen LogP contribution in [0.1, 0.15) is 36.7 Å². The zero-order valence-corrected chi connectivity index (χ0v) is 10.9. The van der Waals surface area contributed by atoms with Crippen LogP contribution >= 0.6 is 0 Å². The summed E-state index contributed by atoms with van der Waals surface area (Å²) in [6.45, 7) is 8.37. The normalized spacial score (nSPS) is 14.5. The highest BCUT2D eigenvalue weighted by atomic mass is 16.1. The Morgan fingerprint density at radius 3 is 2.65 bits per heavy atom. The number of carbonyl (C=O) groups is 1. The van der Waals surface area contributed by atoms with Gasteiger partial charge < -0.3 is 11.1 Å². The van der Waals surface area contributed by atoms with Gasteiger partial charge >= 0.3 is 0 Å². The molecule has 0 saturated heterocycles. The fraction of sp³-hybridized carbons (Fsp3) is 0.538. The molecule has 1 aromatic heterocycles. The Morgan fingerprint density at radius 2 is 2.18 bits per heavy atom. The number of carbonyl (C=O) groups excluding carboxylic acids is 1. The lowest BCUT2D eigenvalue weighted by Gasteiger charge is -2.33. The predicted octanol–water partition coefficient (Wildman–Crippen LogP) is 1.49. The molecule has 0 spiro atoms. The van der Waals surface area contributed by atoms with E-state index in [1.807, 2.05) is 33.8 Å². The van der Waals surface area contributed by atoms with Crippen LogP contribution in [0, 0.1) is 12.8 Å². The van der Waals surface area contributed by atoms with Gasteiger partial charge in [-0.1, -0.05) is 13.8 Å². The lowest BCUT2D eigenvalue weighted by atomic mass is 9.88. The molecule has 0 bridgehead atoms. The second-order valence-corrected chi connectivity index (χ2v) is 4.98. The maximum absolute atomic E-state index is 12.1. The first-order valence-corrected chi connectivity index (χ1v) is 5.83. The molecule has 1 unspecified atom stereocenters. The van der Waals surface area contributed by atoms with Crippen molar-refractivity contribution in [2.45, 2.75) is 33.2 Å². The molecule has 0 saturated carbocycles. The van der Waals surface area contributed by atoms with Crippen molar-refractivity contribution in [1.29, 1.82) is 0 Å². The average molecular weight is 235 g/mol. The van der Waals surface area contributed by atoms with Gasteiger partial charge in [-0.05, 0) is 31.4 Å². The van der Waals surface area contributed by atoms with Gasteiger partial charge in [-0.2, -0.15) is 0 Å². The van der Waals surface area contributed by atoms with Gasteiger partial charge in [0.1, 0.15) is 0 Å². The van der Waals surface area contributed by atoms with Crippen molar-refractivity contribution < 1.29 is 4.79 Å². The van der Waals surface area contributed by atoms with Gasteiger partial charge in [0.2, 0.25) is 0 Å². The van der Waals surface area contributed by atoms with Gasteiger partial charge in [-0.3, -0.25) is 9.78 Å². The van der Waals surface area contributed by atoms with E-state index in [9.17, 15) is 4.79 Å². The van der Waals surface area contributed by atoms with E-state index in [0.29, 0.717) is 12.1 Å². The molecule has 1 heterocycles. The van der Waals surface area contributed by atoms with E-state index in [4.69, 9.17) is 5.73 Å². The Bertz CT molecular complexity index is 403. The fourth-order valence-electron chi connectivity index (χ4n) is 1.44. The zero-order chi connectivity index (χ0) is 13.1. The van der Waals surface area contributed by atoms with E-state index >= 15 is 0 Å². The van der Waals surface area contributed by atoms with E-state index in [0.717, 1.165) is 5.56 Å². The molecule has 1 amide bonds. The van der Waals surface area contributed by atoms with Crippen LogP contribution in [-0.4, -0.2) is 23.0 Å². The monoisotopic (exact) mass is 235 g/mol. The van der Waals surface area contributed by atoms with Crippen LogP contribution in [0.5, 0.6) is 0 Å². The maximum Gasteiger partial charge on any atom is 0.253 e. The summed E-state index contributed by atoms with van der Waals surface area (Å²) >= 11 is 0. The Morgan fingerprint density at radius 1 is 1.53 bits per heavy atom. The quantitative estimate of drug-likeness (QED) is 0.831. The highest BCUT2D eigenvalue weighted by Crippen LogP contribution is 2.15. The van der Waals surface area contributed by atoms with Crippen LogP contribution in [-0.2, 0) is 0 Å². The third-order valence-corrected chi connectivity index (χ3v) is 3.23. The maximum atomic E-state index is 12.1. The largest absolute Gasteiger partial charge is 0.345 e. The van der Waals surface area contributed by atoms with Crippen molar-refractivity contribution in [3.8, 4) is 0 Å². The predicted molar refractivity (Wildman–Crippen MR) is 68.7 cm³/mol. The Balaban J connectivity index is 2.85. The topological polar surface area (TPSA) is 68.0 Å². The lowest BCUT2D eigenvalue weighted by Crippen LogP contribution is -2.55. The first kappa shape index (κ1) is 13.6. The van der Waals surface area contributed by atoms with Crippen LogP contribution in [0.2, 0.25) is 0 Å². The highest BCUT2D eigenvalue weighted by molar-refractivity contribution is 5.94. The number of aromatic nitrogens is 1. The summed E-state index contributed by atoms with van der Waals surface area (Å²) in [7, 11) is 0. The number of rotatable bonds is 4. The molecular formula is C13H21N3O. The molecule has 1 atom stereocenters. The zero-order valence-electron chi connectivity index (χ0n) is 10.9. The summed E-state index contributed by atoms with van der Waals surface area (Å²) in [4.78, 5) is 16.1. The number of nitrogens with one attached hydrogen (secondary N) is 1. The fourth-order valence-corrected chi connectivity index (χ4v) is 1.44. The second kappa shape index (κ2) is 5.27. The van der Waals surface area contributed by atoms with Crippen molar-refractivity contribution in [3.05, 3.63) is 29.6 Å². The molecule has 94 valence electrons. The molecule has 0 aliphatic rings. The second-order valence-electron chi connectivity index (χ2n) is 4.98. The van der Waals surface area contributed by atoms with Crippen LogP contribution in [0.3, 0.4) is 0 Å². The first-order valence-electron chi connectivity index (χ1n) is 5.83. The Kier molecular flexibility index (Phi) is 4.23. The van der Waals surface area contributed by atoms with Crippen LogP contribution in [0.25, 0.3) is 0 Å². The van der Waals surface area contributed by atoms with Gasteiger partial charge in [-0.25, -0.2) is 0 Å². The minimum atomic E-state index is -0.388. The molecular weight excluding hydrogens is 214 g/mol. The third-order valence-electron chi connectivity index (χ3n) is 3.23. The number of nitrogens with zero attached hydrogens (tertiary/aromatic N) is 1. The summed E-state index contributed by atoms with van der Waals surface area (Å²) < 4.78 is 0. The minimum absolute atomic E-state index is 0.122. The molecule has 0 fully saturated rings. The van der Waals surface area contributed by atoms with Gasteiger partial charge in [-0.15, -0.1) is 0 Å². The SMILES string of the molecule is Cc1cncc(C(=O)NC(C)(CN)C(C)C)c1. The summed E-state index contributed by atoms with van der Waals surface area (Å²) in [5.74, 6) is 0.150. The Hall–Kier alpha value is -1.42. The summed E-state index contributed by atoms with van der Waals surface area (Å²) in [5.41, 5.74) is 6.89. The average Bonchev–Trinajstić information content (AvgIpc) is 2.28. The highest BCUT2D eigenvalue weighted by Gasteiger charge is 2.28. The summed E-state index contributed by atoms with van der Waals surface area (Å²) in [6.07, 6.45) is 3.29. The number of hydrogen-bond acceptors (Lipinski definition) is 3. The van der Waals surface area contributed by atoms with Gasteiger partial charge in [0.25, 0.3) is 5.91 Å². The number of nitrogens with two attached hydrogens (primary N) is 1. The number of pyridine rings is 1.